The Morgan fingerprint density at radius 3 is 2.06 bits per heavy atom. The number of hydrogen-bond acceptors (Lipinski definition) is 5. The molecule has 2 heterocycles. The maximum absolute atomic E-state index is 13.2. The van der Waals surface area contributed by atoms with Gasteiger partial charge in [-0.15, -0.1) is 0 Å². The molecule has 9 heteroatoms. The number of amides is 1. The highest BCUT2D eigenvalue weighted by Crippen LogP contribution is 2.27. The Morgan fingerprint density at radius 1 is 0.875 bits per heavy atom. The third kappa shape index (κ3) is 4.61. The minimum atomic E-state index is -3.47. The van der Waals surface area contributed by atoms with Gasteiger partial charge < -0.3 is 14.5 Å². The molecule has 2 saturated heterocycles. The van der Waals surface area contributed by atoms with Crippen LogP contribution in [-0.4, -0.2) is 99.3 Å². The van der Waals surface area contributed by atoms with E-state index in [4.69, 9.17) is 4.74 Å². The number of nitrogens with zero attached hydrogens (tertiary/aromatic N) is 4. The summed E-state index contributed by atoms with van der Waals surface area (Å²) in [7, 11) is 0.179. The Labute approximate surface area is 190 Å². The lowest BCUT2D eigenvalue weighted by molar-refractivity contribution is -0.133. The first-order valence-electron chi connectivity index (χ1n) is 11.1. The van der Waals surface area contributed by atoms with Crippen molar-refractivity contribution in [1.29, 1.82) is 0 Å². The SMILES string of the molecule is COc1ccc2cc([C@H](C)C(=O)N3CCN(S(=O)(=O)N4CCN(C)CC4)CC3)ccc2c1. The second kappa shape index (κ2) is 9.35. The summed E-state index contributed by atoms with van der Waals surface area (Å²) >= 11 is 0. The maximum Gasteiger partial charge on any atom is 0.282 e. The second-order valence-electron chi connectivity index (χ2n) is 8.63. The molecular formula is C23H32N4O4S. The number of rotatable bonds is 5. The molecule has 32 heavy (non-hydrogen) atoms. The van der Waals surface area contributed by atoms with Crippen molar-refractivity contribution >= 4 is 26.9 Å². The molecule has 0 aliphatic carbocycles. The average Bonchev–Trinajstić information content (AvgIpc) is 2.82. The molecule has 0 radical (unpaired) electrons. The molecule has 2 aromatic rings. The van der Waals surface area contributed by atoms with Crippen molar-refractivity contribution in [3.63, 3.8) is 0 Å². The zero-order chi connectivity index (χ0) is 22.9. The lowest BCUT2D eigenvalue weighted by Crippen LogP contribution is -2.57. The molecule has 0 saturated carbocycles. The van der Waals surface area contributed by atoms with E-state index in [-0.39, 0.29) is 11.8 Å². The molecule has 1 amide bonds. The van der Waals surface area contributed by atoms with Crippen LogP contribution in [0.5, 0.6) is 5.75 Å². The number of hydrogen-bond donors (Lipinski definition) is 0. The lowest BCUT2D eigenvalue weighted by atomic mass is 9.96. The predicted molar refractivity (Wildman–Crippen MR) is 125 cm³/mol. The Hall–Kier alpha value is -2.20. The molecule has 0 N–H and O–H groups in total. The van der Waals surface area contributed by atoms with E-state index >= 15 is 0 Å². The lowest BCUT2D eigenvalue weighted by Gasteiger charge is -2.39. The molecule has 4 rings (SSSR count). The molecule has 8 nitrogen and oxygen atoms in total. The van der Waals surface area contributed by atoms with Gasteiger partial charge in [0.1, 0.15) is 5.75 Å². The van der Waals surface area contributed by atoms with Gasteiger partial charge in [0, 0.05) is 52.4 Å². The molecule has 2 aromatic carbocycles. The first-order valence-corrected chi connectivity index (χ1v) is 12.5. The first-order chi connectivity index (χ1) is 15.3. The van der Waals surface area contributed by atoms with Crippen LogP contribution in [0.2, 0.25) is 0 Å². The van der Waals surface area contributed by atoms with E-state index in [1.54, 1.807) is 16.3 Å². The Kier molecular flexibility index (Phi) is 6.71. The summed E-state index contributed by atoms with van der Waals surface area (Å²) in [5.41, 5.74) is 0.958. The van der Waals surface area contributed by atoms with Crippen LogP contribution in [0.15, 0.2) is 36.4 Å². The summed E-state index contributed by atoms with van der Waals surface area (Å²) < 4.78 is 34.3. The first kappa shape index (κ1) is 23.0. The van der Waals surface area contributed by atoms with Gasteiger partial charge in [0.05, 0.1) is 13.0 Å². The van der Waals surface area contributed by atoms with Gasteiger partial charge in [-0.3, -0.25) is 4.79 Å². The number of ether oxygens (including phenoxy) is 1. The quantitative estimate of drug-likeness (QED) is 0.678. The average molecular weight is 461 g/mol. The van der Waals surface area contributed by atoms with Crippen molar-refractivity contribution in [2.75, 3.05) is 66.5 Å². The molecule has 2 aliphatic heterocycles. The molecule has 1 atom stereocenters. The van der Waals surface area contributed by atoms with Crippen LogP contribution in [-0.2, 0) is 15.0 Å². The molecule has 2 fully saturated rings. The summed E-state index contributed by atoms with van der Waals surface area (Å²) in [6, 6.07) is 11.9. The number of likely N-dealkylation sites (N-methyl/N-ethyl adjacent to an activating group) is 1. The molecular weight excluding hydrogens is 428 g/mol. The largest absolute Gasteiger partial charge is 0.497 e. The molecule has 0 unspecified atom stereocenters. The minimum Gasteiger partial charge on any atom is -0.497 e. The third-order valence-corrected chi connectivity index (χ3v) is 8.64. The van der Waals surface area contributed by atoms with Gasteiger partial charge >= 0.3 is 0 Å². The van der Waals surface area contributed by atoms with E-state index in [2.05, 4.69) is 4.90 Å². The van der Waals surface area contributed by atoms with Gasteiger partial charge in [0.2, 0.25) is 5.91 Å². The van der Waals surface area contributed by atoms with Crippen molar-refractivity contribution in [1.82, 2.24) is 18.4 Å². The number of piperazine rings is 2. The van der Waals surface area contributed by atoms with Crippen LogP contribution in [0.25, 0.3) is 10.8 Å². The highest BCUT2D eigenvalue weighted by Gasteiger charge is 2.35. The zero-order valence-electron chi connectivity index (χ0n) is 19.0. The van der Waals surface area contributed by atoms with Crippen LogP contribution in [0.3, 0.4) is 0 Å². The molecule has 0 spiro atoms. The summed E-state index contributed by atoms with van der Waals surface area (Å²) in [5.74, 6) is 0.551. The fraction of sp³-hybridized carbons (Fsp3) is 0.522. The summed E-state index contributed by atoms with van der Waals surface area (Å²) in [4.78, 5) is 17.1. The van der Waals surface area contributed by atoms with Gasteiger partial charge in [-0.25, -0.2) is 0 Å². The molecule has 174 valence electrons. The second-order valence-corrected chi connectivity index (χ2v) is 10.6. The van der Waals surface area contributed by atoms with E-state index in [1.807, 2.05) is 50.4 Å². The Bertz CT molecular complexity index is 1070. The van der Waals surface area contributed by atoms with Gasteiger partial charge in [-0.1, -0.05) is 24.3 Å². The third-order valence-electron chi connectivity index (χ3n) is 6.61. The van der Waals surface area contributed by atoms with Gasteiger partial charge in [-0.05, 0) is 42.4 Å². The van der Waals surface area contributed by atoms with Crippen LogP contribution in [0, 0.1) is 0 Å². The van der Waals surface area contributed by atoms with Crippen LogP contribution in [0.1, 0.15) is 18.4 Å². The van der Waals surface area contributed by atoms with Gasteiger partial charge in [0.15, 0.2) is 0 Å². The zero-order valence-corrected chi connectivity index (χ0v) is 19.8. The van der Waals surface area contributed by atoms with E-state index in [9.17, 15) is 13.2 Å². The number of methoxy groups -OCH3 is 1. The highest BCUT2D eigenvalue weighted by molar-refractivity contribution is 7.86. The maximum atomic E-state index is 13.2. The standard InChI is InChI=1S/C23H32N4O4S/c1-18(19-4-5-21-17-22(31-3)7-6-20(21)16-19)23(28)25-10-14-27(15-11-25)32(29,30)26-12-8-24(2)9-13-26/h4-7,16-18H,8-15H2,1-3H3/t18-/m0/s1. The molecule has 0 bridgehead atoms. The topological polar surface area (TPSA) is 73.4 Å². The van der Waals surface area contributed by atoms with Gasteiger partial charge in [0.25, 0.3) is 10.2 Å². The number of carbonyl (C=O) groups excluding carboxylic acids is 1. The van der Waals surface area contributed by atoms with Crippen molar-refractivity contribution in [2.45, 2.75) is 12.8 Å². The fourth-order valence-electron chi connectivity index (χ4n) is 4.38. The van der Waals surface area contributed by atoms with Gasteiger partial charge in [-0.2, -0.15) is 17.0 Å². The smallest absolute Gasteiger partial charge is 0.282 e. The van der Waals surface area contributed by atoms with E-state index in [0.717, 1.165) is 35.2 Å². The fourth-order valence-corrected chi connectivity index (χ4v) is 5.95. The summed E-state index contributed by atoms with van der Waals surface area (Å²) in [6.07, 6.45) is 0. The monoisotopic (exact) mass is 460 g/mol. The Balaban J connectivity index is 1.39. The number of fused-ring (bicyclic) bond motifs is 1. The predicted octanol–water partition coefficient (Wildman–Crippen LogP) is 1.59. The summed E-state index contributed by atoms with van der Waals surface area (Å²) in [5, 5.41) is 2.13. The van der Waals surface area contributed by atoms with Crippen molar-refractivity contribution in [3.05, 3.63) is 42.0 Å². The van der Waals surface area contributed by atoms with Crippen molar-refractivity contribution < 1.29 is 17.9 Å². The van der Waals surface area contributed by atoms with Crippen molar-refractivity contribution in [2.24, 2.45) is 0 Å². The van der Waals surface area contributed by atoms with E-state index < -0.39 is 10.2 Å². The molecule has 0 aromatic heterocycles. The van der Waals surface area contributed by atoms with E-state index in [1.165, 1.54) is 4.31 Å². The Morgan fingerprint density at radius 2 is 1.44 bits per heavy atom. The summed E-state index contributed by atoms with van der Waals surface area (Å²) in [6.45, 7) is 5.95. The normalized spacial score (nSPS) is 20.4. The van der Waals surface area contributed by atoms with Crippen molar-refractivity contribution in [3.8, 4) is 5.75 Å². The number of benzene rings is 2. The minimum absolute atomic E-state index is 0.0366. The molecule has 2 aliphatic rings. The highest BCUT2D eigenvalue weighted by atomic mass is 32.2. The van der Waals surface area contributed by atoms with E-state index in [0.29, 0.717) is 39.3 Å². The van der Waals surface area contributed by atoms with Crippen LogP contribution >= 0.6 is 0 Å². The number of carbonyl (C=O) groups is 1. The van der Waals surface area contributed by atoms with Crippen LogP contribution < -0.4 is 4.74 Å². The van der Waals surface area contributed by atoms with Crippen LogP contribution in [0.4, 0.5) is 0 Å².